The van der Waals surface area contributed by atoms with E-state index >= 15 is 0 Å². The predicted molar refractivity (Wildman–Crippen MR) is 69.4 cm³/mol. The first-order valence-corrected chi connectivity index (χ1v) is 6.76. The van der Waals surface area contributed by atoms with Crippen LogP contribution in [0.25, 0.3) is 0 Å². The molecule has 0 aromatic carbocycles. The first-order chi connectivity index (χ1) is 8.08. The molecule has 2 atom stereocenters. The summed E-state index contributed by atoms with van der Waals surface area (Å²) < 4.78 is 0. The van der Waals surface area contributed by atoms with E-state index in [0.717, 1.165) is 18.8 Å². The molecule has 2 N–H and O–H groups in total. The summed E-state index contributed by atoms with van der Waals surface area (Å²) in [7, 11) is 4.12. The number of hydrogen-bond donors (Lipinski definition) is 2. The molecular weight excluding hydrogens is 214 g/mol. The molecule has 0 amide bonds. The van der Waals surface area contributed by atoms with Gasteiger partial charge in [0.1, 0.15) is 0 Å². The Morgan fingerprint density at radius 1 is 1.35 bits per heavy atom. The zero-order valence-corrected chi connectivity index (χ0v) is 11.0. The fraction of sp³-hybridized carbons (Fsp3) is 0.923. The quantitative estimate of drug-likeness (QED) is 0.574. The van der Waals surface area contributed by atoms with Crippen LogP contribution >= 0.6 is 0 Å². The lowest BCUT2D eigenvalue weighted by atomic mass is 10.1. The van der Waals surface area contributed by atoms with Crippen molar-refractivity contribution in [1.82, 2.24) is 9.80 Å². The van der Waals surface area contributed by atoms with Crippen molar-refractivity contribution < 1.29 is 5.11 Å². The number of nitrogens with zero attached hydrogens (tertiary/aromatic N) is 2. The molecule has 0 radical (unpaired) electrons. The number of aliphatic hydroxyl groups excluding tert-OH is 1. The second-order valence-electron chi connectivity index (χ2n) is 5.82. The molecule has 2 unspecified atom stereocenters. The number of aliphatic hydroxyl groups is 1. The van der Waals surface area contributed by atoms with E-state index in [-0.39, 0.29) is 6.10 Å². The van der Waals surface area contributed by atoms with Crippen molar-refractivity contribution in [3.05, 3.63) is 0 Å². The van der Waals surface area contributed by atoms with Crippen LogP contribution in [0.2, 0.25) is 0 Å². The third-order valence-electron chi connectivity index (χ3n) is 4.02. The SMILES string of the molecule is CN(C)CC1CC(O)CN1C(=N)C1CCCC1. The zero-order valence-electron chi connectivity index (χ0n) is 11.0. The summed E-state index contributed by atoms with van der Waals surface area (Å²) in [6.45, 7) is 1.60. The van der Waals surface area contributed by atoms with Crippen molar-refractivity contribution in [2.45, 2.75) is 44.2 Å². The Kier molecular flexibility index (Phi) is 4.05. The summed E-state index contributed by atoms with van der Waals surface area (Å²) in [5.41, 5.74) is 0. The van der Waals surface area contributed by atoms with E-state index in [1.165, 1.54) is 25.7 Å². The summed E-state index contributed by atoms with van der Waals surface area (Å²) in [6, 6.07) is 0.327. The van der Waals surface area contributed by atoms with Crippen LogP contribution in [0.15, 0.2) is 0 Å². The highest BCUT2D eigenvalue weighted by Crippen LogP contribution is 2.30. The van der Waals surface area contributed by atoms with Crippen molar-refractivity contribution in [3.63, 3.8) is 0 Å². The molecule has 1 aliphatic carbocycles. The third kappa shape index (κ3) is 2.99. The predicted octanol–water partition coefficient (Wildman–Crippen LogP) is 1.15. The molecule has 2 rings (SSSR count). The minimum atomic E-state index is -0.248. The third-order valence-corrected chi connectivity index (χ3v) is 4.02. The molecule has 0 bridgehead atoms. The van der Waals surface area contributed by atoms with Crippen LogP contribution in [0.4, 0.5) is 0 Å². The molecule has 1 saturated carbocycles. The van der Waals surface area contributed by atoms with Crippen LogP contribution in [0, 0.1) is 11.3 Å². The summed E-state index contributed by atoms with van der Waals surface area (Å²) in [4.78, 5) is 4.30. The van der Waals surface area contributed by atoms with Crippen LogP contribution in [-0.4, -0.2) is 60.1 Å². The highest BCUT2D eigenvalue weighted by molar-refractivity contribution is 5.82. The highest BCUT2D eigenvalue weighted by Gasteiger charge is 2.35. The van der Waals surface area contributed by atoms with Gasteiger partial charge in [-0.1, -0.05) is 12.8 Å². The van der Waals surface area contributed by atoms with E-state index in [4.69, 9.17) is 5.41 Å². The van der Waals surface area contributed by atoms with Gasteiger partial charge in [-0.05, 0) is 33.4 Å². The molecule has 2 aliphatic rings. The zero-order chi connectivity index (χ0) is 12.4. The molecule has 98 valence electrons. The van der Waals surface area contributed by atoms with Crippen molar-refractivity contribution in [3.8, 4) is 0 Å². The molecule has 0 aromatic heterocycles. The minimum absolute atomic E-state index is 0.248. The van der Waals surface area contributed by atoms with Gasteiger partial charge in [0.05, 0.1) is 11.9 Å². The van der Waals surface area contributed by atoms with Gasteiger partial charge in [0.2, 0.25) is 0 Å². The van der Waals surface area contributed by atoms with E-state index in [2.05, 4.69) is 23.9 Å². The maximum Gasteiger partial charge on any atom is 0.0993 e. The number of likely N-dealkylation sites (N-methyl/N-ethyl adjacent to an activating group) is 1. The van der Waals surface area contributed by atoms with Gasteiger partial charge in [-0.25, -0.2) is 0 Å². The summed E-state index contributed by atoms with van der Waals surface area (Å²) in [6.07, 6.45) is 5.43. The van der Waals surface area contributed by atoms with Crippen LogP contribution in [0.5, 0.6) is 0 Å². The van der Waals surface area contributed by atoms with Crippen LogP contribution in [0.3, 0.4) is 0 Å². The van der Waals surface area contributed by atoms with E-state index in [9.17, 15) is 5.11 Å². The first kappa shape index (κ1) is 12.8. The standard InChI is InChI=1S/C13H25N3O/c1-15(2)8-11-7-12(17)9-16(11)13(14)10-5-3-4-6-10/h10-12,14,17H,3-9H2,1-2H3. The Morgan fingerprint density at radius 2 is 2.00 bits per heavy atom. The van der Waals surface area contributed by atoms with Crippen molar-refractivity contribution in [1.29, 1.82) is 5.41 Å². The summed E-state index contributed by atoms with van der Waals surface area (Å²) in [5.74, 6) is 1.23. The van der Waals surface area contributed by atoms with Gasteiger partial charge < -0.3 is 14.9 Å². The number of β-amino-alcohol motifs (C(OH)–C–C–N with tert-alkyl or cyclic N) is 1. The highest BCUT2D eigenvalue weighted by atomic mass is 16.3. The van der Waals surface area contributed by atoms with E-state index in [1.54, 1.807) is 0 Å². The maximum atomic E-state index is 9.82. The normalized spacial score (nSPS) is 30.5. The lowest BCUT2D eigenvalue weighted by Gasteiger charge is -2.31. The topological polar surface area (TPSA) is 50.6 Å². The molecule has 1 saturated heterocycles. The van der Waals surface area contributed by atoms with E-state index in [1.807, 2.05) is 0 Å². The Hall–Kier alpha value is -0.610. The molecule has 1 heterocycles. The molecular formula is C13H25N3O. The lowest BCUT2D eigenvalue weighted by Crippen LogP contribution is -2.43. The second-order valence-corrected chi connectivity index (χ2v) is 5.82. The molecule has 1 aliphatic heterocycles. The fourth-order valence-electron chi connectivity index (χ4n) is 3.22. The van der Waals surface area contributed by atoms with Gasteiger partial charge in [-0.2, -0.15) is 0 Å². The maximum absolute atomic E-state index is 9.82. The van der Waals surface area contributed by atoms with Gasteiger partial charge in [0.15, 0.2) is 0 Å². The number of amidine groups is 1. The number of nitrogens with one attached hydrogen (secondary N) is 1. The molecule has 0 spiro atoms. The van der Waals surface area contributed by atoms with E-state index in [0.29, 0.717) is 18.5 Å². The summed E-state index contributed by atoms with van der Waals surface area (Å²) >= 11 is 0. The van der Waals surface area contributed by atoms with Crippen molar-refractivity contribution >= 4 is 5.84 Å². The number of hydrogen-bond acceptors (Lipinski definition) is 3. The molecule has 17 heavy (non-hydrogen) atoms. The Labute approximate surface area is 104 Å². The number of likely N-dealkylation sites (tertiary alicyclic amines) is 1. The van der Waals surface area contributed by atoms with E-state index < -0.39 is 0 Å². The Balaban J connectivity index is 1.98. The fourth-order valence-corrected chi connectivity index (χ4v) is 3.22. The van der Waals surface area contributed by atoms with Crippen molar-refractivity contribution in [2.75, 3.05) is 27.2 Å². The summed E-state index contributed by atoms with van der Waals surface area (Å²) in [5, 5.41) is 18.2. The van der Waals surface area contributed by atoms with Gasteiger partial charge in [0, 0.05) is 25.0 Å². The van der Waals surface area contributed by atoms with Crippen LogP contribution in [0.1, 0.15) is 32.1 Å². The van der Waals surface area contributed by atoms with Gasteiger partial charge in [-0.15, -0.1) is 0 Å². The van der Waals surface area contributed by atoms with Gasteiger partial charge in [0.25, 0.3) is 0 Å². The minimum Gasteiger partial charge on any atom is -0.391 e. The van der Waals surface area contributed by atoms with Gasteiger partial charge >= 0.3 is 0 Å². The first-order valence-electron chi connectivity index (χ1n) is 6.76. The largest absolute Gasteiger partial charge is 0.391 e. The average molecular weight is 239 g/mol. The monoisotopic (exact) mass is 239 g/mol. The molecule has 4 heteroatoms. The average Bonchev–Trinajstić information content (AvgIpc) is 2.85. The second kappa shape index (κ2) is 5.36. The smallest absolute Gasteiger partial charge is 0.0993 e. The molecule has 0 aromatic rings. The lowest BCUT2D eigenvalue weighted by molar-refractivity contribution is 0.187. The van der Waals surface area contributed by atoms with Crippen molar-refractivity contribution in [2.24, 2.45) is 5.92 Å². The van der Waals surface area contributed by atoms with Gasteiger partial charge in [-0.3, -0.25) is 5.41 Å². The Bertz CT molecular complexity index is 274. The Morgan fingerprint density at radius 3 is 2.59 bits per heavy atom. The molecule has 4 nitrogen and oxygen atoms in total. The molecule has 2 fully saturated rings. The number of rotatable bonds is 3. The van der Waals surface area contributed by atoms with Crippen LogP contribution < -0.4 is 0 Å². The van der Waals surface area contributed by atoms with Crippen LogP contribution in [-0.2, 0) is 0 Å².